The number of carbonyl (C=O) groups is 2. The minimum absolute atomic E-state index is 0.114. The zero-order valence-electron chi connectivity index (χ0n) is 20.0. The van der Waals surface area contributed by atoms with Gasteiger partial charge < -0.3 is 15.2 Å². The molecule has 1 fully saturated rings. The number of carbonyl (C=O) groups excluding carboxylic acids is 2. The Balaban J connectivity index is 1.59. The van der Waals surface area contributed by atoms with Gasteiger partial charge in [-0.2, -0.15) is 5.06 Å². The van der Waals surface area contributed by atoms with Crippen LogP contribution in [0.2, 0.25) is 0 Å². The van der Waals surface area contributed by atoms with Crippen LogP contribution in [0.1, 0.15) is 52.0 Å². The van der Waals surface area contributed by atoms with Crippen LogP contribution in [0.3, 0.4) is 0 Å². The van der Waals surface area contributed by atoms with E-state index in [1.54, 1.807) is 24.3 Å². The minimum atomic E-state index is -0.557. The highest BCUT2D eigenvalue weighted by Gasteiger charge is 2.23. The average molecular weight is 475 g/mol. The molecule has 1 heterocycles. The van der Waals surface area contributed by atoms with Crippen LogP contribution < -0.4 is 5.32 Å². The van der Waals surface area contributed by atoms with Gasteiger partial charge in [0, 0.05) is 13.1 Å². The van der Waals surface area contributed by atoms with Crippen molar-refractivity contribution in [2.45, 2.75) is 25.7 Å². The third kappa shape index (κ3) is 5.70. The highest BCUT2D eigenvalue weighted by molar-refractivity contribution is 6.09. The van der Waals surface area contributed by atoms with Gasteiger partial charge in [-0.05, 0) is 66.6 Å². The number of phenolic OH excluding ortho intramolecular Hbond substituents is 1. The zero-order valence-corrected chi connectivity index (χ0v) is 20.0. The number of benzene rings is 3. The van der Waals surface area contributed by atoms with Gasteiger partial charge in [-0.25, -0.2) is 4.79 Å². The lowest BCUT2D eigenvalue weighted by Gasteiger charge is -2.31. The molecule has 0 saturated carbocycles. The standard InChI is InChI=1S/C28H30N2O5/c1-3-35-30-15-13-20(14-16-30)21-10-12-26(31)24(17-21)27(32)29-25-18-22(19-7-5-4-6-8-19)9-11-23(25)28(33)34-2/h4-12,17-18,20,31H,3,13-16H2,1-2H3,(H,29,32). The summed E-state index contributed by atoms with van der Waals surface area (Å²) in [7, 11) is 1.30. The summed E-state index contributed by atoms with van der Waals surface area (Å²) in [6.45, 7) is 4.25. The molecule has 0 spiro atoms. The van der Waals surface area contributed by atoms with Crippen molar-refractivity contribution in [2.75, 3.05) is 32.1 Å². The molecule has 3 aromatic carbocycles. The van der Waals surface area contributed by atoms with Crippen molar-refractivity contribution in [3.63, 3.8) is 0 Å². The summed E-state index contributed by atoms with van der Waals surface area (Å²) in [5.41, 5.74) is 3.50. The summed E-state index contributed by atoms with van der Waals surface area (Å²) in [4.78, 5) is 31.2. The third-order valence-corrected chi connectivity index (χ3v) is 6.28. The molecule has 35 heavy (non-hydrogen) atoms. The number of esters is 1. The van der Waals surface area contributed by atoms with Gasteiger partial charge in [-0.1, -0.05) is 42.5 Å². The summed E-state index contributed by atoms with van der Waals surface area (Å²) >= 11 is 0. The highest BCUT2D eigenvalue weighted by atomic mass is 16.7. The van der Waals surface area contributed by atoms with Crippen LogP contribution in [-0.4, -0.2) is 48.9 Å². The van der Waals surface area contributed by atoms with Crippen molar-refractivity contribution in [3.8, 4) is 16.9 Å². The Labute approximate surface area is 205 Å². The summed E-state index contributed by atoms with van der Waals surface area (Å²) in [6, 6.07) is 20.0. The molecular formula is C28H30N2O5. The van der Waals surface area contributed by atoms with Crippen LogP contribution in [-0.2, 0) is 9.57 Å². The molecule has 0 unspecified atom stereocenters. The number of phenols is 1. The molecule has 4 rings (SSSR count). The predicted molar refractivity (Wildman–Crippen MR) is 134 cm³/mol. The molecule has 0 radical (unpaired) electrons. The number of hydrogen-bond donors (Lipinski definition) is 2. The number of methoxy groups -OCH3 is 1. The molecule has 1 aliphatic heterocycles. The maximum Gasteiger partial charge on any atom is 0.339 e. The van der Waals surface area contributed by atoms with E-state index in [9.17, 15) is 14.7 Å². The molecule has 0 aliphatic carbocycles. The number of rotatable bonds is 7. The molecule has 0 atom stereocenters. The summed E-state index contributed by atoms with van der Waals surface area (Å²) < 4.78 is 4.90. The molecule has 0 bridgehead atoms. The first kappa shape index (κ1) is 24.4. The third-order valence-electron chi connectivity index (χ3n) is 6.28. The van der Waals surface area contributed by atoms with Crippen molar-refractivity contribution in [2.24, 2.45) is 0 Å². The van der Waals surface area contributed by atoms with Crippen LogP contribution in [0.25, 0.3) is 11.1 Å². The van der Waals surface area contributed by atoms with E-state index in [4.69, 9.17) is 9.57 Å². The van der Waals surface area contributed by atoms with Crippen molar-refractivity contribution in [1.82, 2.24) is 5.06 Å². The number of ether oxygens (including phenoxy) is 1. The second-order valence-corrected chi connectivity index (χ2v) is 8.47. The molecule has 3 aromatic rings. The average Bonchev–Trinajstić information content (AvgIpc) is 2.89. The van der Waals surface area contributed by atoms with E-state index in [2.05, 4.69) is 5.32 Å². The Morgan fingerprint density at radius 2 is 1.71 bits per heavy atom. The van der Waals surface area contributed by atoms with Gasteiger partial charge in [0.1, 0.15) is 5.75 Å². The number of aromatic hydroxyl groups is 1. The molecule has 7 heteroatoms. The Hall–Kier alpha value is -3.68. The number of anilines is 1. The van der Waals surface area contributed by atoms with Crippen molar-refractivity contribution >= 4 is 17.6 Å². The maximum absolute atomic E-state index is 13.3. The van der Waals surface area contributed by atoms with E-state index in [1.807, 2.05) is 54.5 Å². The fourth-order valence-corrected chi connectivity index (χ4v) is 4.43. The summed E-state index contributed by atoms with van der Waals surface area (Å²) in [5, 5.41) is 15.3. The Morgan fingerprint density at radius 1 is 0.971 bits per heavy atom. The first-order valence-corrected chi connectivity index (χ1v) is 11.8. The smallest absolute Gasteiger partial charge is 0.339 e. The Bertz CT molecular complexity index is 1190. The fourth-order valence-electron chi connectivity index (χ4n) is 4.43. The number of nitrogens with one attached hydrogen (secondary N) is 1. The van der Waals surface area contributed by atoms with Crippen LogP contribution in [0.4, 0.5) is 5.69 Å². The number of nitrogens with zero attached hydrogens (tertiary/aromatic N) is 1. The van der Waals surface area contributed by atoms with Crippen molar-refractivity contribution in [1.29, 1.82) is 0 Å². The normalized spacial score (nSPS) is 14.5. The second-order valence-electron chi connectivity index (χ2n) is 8.47. The minimum Gasteiger partial charge on any atom is -0.507 e. The number of hydrogen-bond acceptors (Lipinski definition) is 6. The van der Waals surface area contributed by atoms with E-state index in [-0.39, 0.29) is 22.8 Å². The quantitative estimate of drug-likeness (QED) is 0.456. The number of hydroxylamine groups is 2. The van der Waals surface area contributed by atoms with E-state index in [1.165, 1.54) is 7.11 Å². The van der Waals surface area contributed by atoms with Crippen LogP contribution in [0.15, 0.2) is 66.7 Å². The van der Waals surface area contributed by atoms with Crippen LogP contribution in [0.5, 0.6) is 5.75 Å². The SMILES string of the molecule is CCON1CCC(c2ccc(O)c(C(=O)Nc3cc(-c4ccccc4)ccc3C(=O)OC)c2)CC1. The van der Waals surface area contributed by atoms with Crippen molar-refractivity contribution in [3.05, 3.63) is 83.4 Å². The predicted octanol–water partition coefficient (Wildman–Crippen LogP) is 5.23. The van der Waals surface area contributed by atoms with Crippen LogP contribution >= 0.6 is 0 Å². The van der Waals surface area contributed by atoms with E-state index >= 15 is 0 Å². The monoisotopic (exact) mass is 474 g/mol. The molecule has 1 aliphatic rings. The number of piperidine rings is 1. The molecule has 7 nitrogen and oxygen atoms in total. The van der Waals surface area contributed by atoms with E-state index in [0.29, 0.717) is 12.3 Å². The van der Waals surface area contributed by atoms with Gasteiger partial charge in [0.05, 0.1) is 30.5 Å². The van der Waals surface area contributed by atoms with Crippen molar-refractivity contribution < 1.29 is 24.3 Å². The zero-order chi connectivity index (χ0) is 24.8. The van der Waals surface area contributed by atoms with E-state index < -0.39 is 11.9 Å². The topological polar surface area (TPSA) is 88.1 Å². The largest absolute Gasteiger partial charge is 0.507 e. The van der Waals surface area contributed by atoms with Gasteiger partial charge in [0.2, 0.25) is 0 Å². The fraction of sp³-hybridized carbons (Fsp3) is 0.286. The molecule has 0 aromatic heterocycles. The first-order chi connectivity index (χ1) is 17.0. The van der Waals surface area contributed by atoms with E-state index in [0.717, 1.165) is 42.6 Å². The van der Waals surface area contributed by atoms with Gasteiger partial charge in [0.15, 0.2) is 0 Å². The first-order valence-electron chi connectivity index (χ1n) is 11.8. The lowest BCUT2D eigenvalue weighted by Crippen LogP contribution is -2.33. The highest BCUT2D eigenvalue weighted by Crippen LogP contribution is 2.32. The lowest BCUT2D eigenvalue weighted by molar-refractivity contribution is -0.166. The molecular weight excluding hydrogens is 444 g/mol. The molecule has 1 saturated heterocycles. The second kappa shape index (κ2) is 11.2. The Morgan fingerprint density at radius 3 is 2.40 bits per heavy atom. The molecule has 1 amide bonds. The van der Waals surface area contributed by atoms with Gasteiger partial charge in [0.25, 0.3) is 5.91 Å². The number of amides is 1. The Kier molecular flexibility index (Phi) is 7.80. The van der Waals surface area contributed by atoms with Crippen LogP contribution in [0, 0.1) is 0 Å². The molecule has 2 N–H and O–H groups in total. The lowest BCUT2D eigenvalue weighted by atomic mass is 9.89. The molecule has 182 valence electrons. The van der Waals surface area contributed by atoms with Gasteiger partial charge in [-0.3, -0.25) is 9.63 Å². The van der Waals surface area contributed by atoms with Gasteiger partial charge in [-0.15, -0.1) is 0 Å². The summed E-state index contributed by atoms with van der Waals surface area (Å²) in [5.74, 6) is -0.895. The van der Waals surface area contributed by atoms with Gasteiger partial charge >= 0.3 is 5.97 Å². The maximum atomic E-state index is 13.3. The summed E-state index contributed by atoms with van der Waals surface area (Å²) in [6.07, 6.45) is 1.80.